The second kappa shape index (κ2) is 6.44. The van der Waals surface area contributed by atoms with Crippen molar-refractivity contribution < 1.29 is 10.2 Å². The van der Waals surface area contributed by atoms with E-state index in [1.54, 1.807) is 12.1 Å². The molecule has 0 spiro atoms. The minimum Gasteiger partial charge on any atom is -0.508 e. The van der Waals surface area contributed by atoms with Gasteiger partial charge in [0, 0.05) is 24.2 Å². The van der Waals surface area contributed by atoms with Gasteiger partial charge in [0.2, 0.25) is 0 Å². The summed E-state index contributed by atoms with van der Waals surface area (Å²) >= 11 is 0. The predicted octanol–water partition coefficient (Wildman–Crippen LogP) is 3.51. The van der Waals surface area contributed by atoms with Crippen LogP contribution in [0.3, 0.4) is 0 Å². The molecule has 0 saturated carbocycles. The number of nitrogens with one attached hydrogen (secondary N) is 1. The van der Waals surface area contributed by atoms with Gasteiger partial charge in [-0.3, -0.25) is 0 Å². The first-order valence-electron chi connectivity index (χ1n) is 6.94. The lowest BCUT2D eigenvalue weighted by molar-refractivity contribution is 0.436. The molecule has 0 amide bonds. The van der Waals surface area contributed by atoms with Crippen LogP contribution in [0.5, 0.6) is 11.5 Å². The molecule has 1 unspecified atom stereocenters. The zero-order chi connectivity index (χ0) is 14.5. The molecule has 0 fully saturated rings. The van der Waals surface area contributed by atoms with E-state index in [0.29, 0.717) is 0 Å². The number of hydrogen-bond acceptors (Lipinski definition) is 3. The van der Waals surface area contributed by atoms with Gasteiger partial charge in [-0.05, 0) is 30.5 Å². The van der Waals surface area contributed by atoms with Gasteiger partial charge in [0.1, 0.15) is 11.5 Å². The summed E-state index contributed by atoms with van der Waals surface area (Å²) in [5, 5.41) is 22.6. The Balaban J connectivity index is 2.06. The number of benzene rings is 2. The van der Waals surface area contributed by atoms with E-state index in [9.17, 15) is 10.2 Å². The fraction of sp³-hybridized carbons (Fsp3) is 0.294. The summed E-state index contributed by atoms with van der Waals surface area (Å²) in [7, 11) is 0. The Morgan fingerprint density at radius 2 is 1.75 bits per heavy atom. The third-order valence-corrected chi connectivity index (χ3v) is 3.58. The third kappa shape index (κ3) is 3.31. The Labute approximate surface area is 119 Å². The lowest BCUT2D eigenvalue weighted by Crippen LogP contribution is -2.19. The fourth-order valence-corrected chi connectivity index (χ4v) is 2.35. The standard InChI is InChI=1S/C17H21NO2/c1-3-13-6-4-5-7-14(13)11-18-12(2)16-9-8-15(19)10-17(16)20/h4-10,12,18-20H,3,11H2,1-2H3. The normalized spacial score (nSPS) is 12.3. The van der Waals surface area contributed by atoms with Crippen LogP contribution in [0.1, 0.15) is 36.6 Å². The van der Waals surface area contributed by atoms with Gasteiger partial charge in [-0.2, -0.15) is 0 Å². The van der Waals surface area contributed by atoms with Crippen LogP contribution in [0.25, 0.3) is 0 Å². The summed E-state index contributed by atoms with van der Waals surface area (Å²) in [5.41, 5.74) is 3.40. The van der Waals surface area contributed by atoms with E-state index < -0.39 is 0 Å². The van der Waals surface area contributed by atoms with Crippen molar-refractivity contribution in [2.45, 2.75) is 32.9 Å². The van der Waals surface area contributed by atoms with Crippen LogP contribution in [0.2, 0.25) is 0 Å². The predicted molar refractivity (Wildman–Crippen MR) is 80.8 cm³/mol. The molecule has 0 heterocycles. The quantitative estimate of drug-likeness (QED) is 0.780. The second-order valence-electron chi connectivity index (χ2n) is 4.97. The summed E-state index contributed by atoms with van der Waals surface area (Å²) < 4.78 is 0. The molecule has 0 saturated heterocycles. The number of phenols is 2. The van der Waals surface area contributed by atoms with Gasteiger partial charge in [0.25, 0.3) is 0 Å². The highest BCUT2D eigenvalue weighted by Crippen LogP contribution is 2.28. The van der Waals surface area contributed by atoms with Gasteiger partial charge >= 0.3 is 0 Å². The molecule has 20 heavy (non-hydrogen) atoms. The van der Waals surface area contributed by atoms with Crippen molar-refractivity contribution in [3.63, 3.8) is 0 Å². The summed E-state index contributed by atoms with van der Waals surface area (Å²) in [6.07, 6.45) is 1.01. The number of hydrogen-bond donors (Lipinski definition) is 3. The van der Waals surface area contributed by atoms with Gasteiger partial charge in [-0.1, -0.05) is 37.3 Å². The van der Waals surface area contributed by atoms with Crippen LogP contribution in [-0.2, 0) is 13.0 Å². The monoisotopic (exact) mass is 271 g/mol. The van der Waals surface area contributed by atoms with E-state index in [2.05, 4.69) is 30.4 Å². The van der Waals surface area contributed by atoms with Crippen molar-refractivity contribution in [1.29, 1.82) is 0 Å². The molecule has 0 aliphatic rings. The molecule has 3 heteroatoms. The summed E-state index contributed by atoms with van der Waals surface area (Å²) in [5.74, 6) is 0.198. The van der Waals surface area contributed by atoms with Crippen molar-refractivity contribution in [3.8, 4) is 11.5 Å². The number of aromatic hydroxyl groups is 2. The maximum atomic E-state index is 9.86. The molecule has 3 N–H and O–H groups in total. The van der Waals surface area contributed by atoms with Crippen LogP contribution in [0.4, 0.5) is 0 Å². The van der Waals surface area contributed by atoms with Crippen molar-refractivity contribution >= 4 is 0 Å². The Bertz CT molecular complexity index is 581. The Morgan fingerprint density at radius 3 is 2.40 bits per heavy atom. The number of phenolic OH excluding ortho intramolecular Hbond substituents is 2. The Kier molecular flexibility index (Phi) is 4.64. The van der Waals surface area contributed by atoms with Gasteiger partial charge < -0.3 is 15.5 Å². The second-order valence-corrected chi connectivity index (χ2v) is 4.97. The van der Waals surface area contributed by atoms with Gasteiger partial charge in [-0.25, -0.2) is 0 Å². The van der Waals surface area contributed by atoms with E-state index in [1.807, 2.05) is 13.0 Å². The lowest BCUT2D eigenvalue weighted by atomic mass is 10.0. The zero-order valence-electron chi connectivity index (χ0n) is 11.9. The molecule has 0 radical (unpaired) electrons. The van der Waals surface area contributed by atoms with Crippen LogP contribution in [0, 0.1) is 0 Å². The third-order valence-electron chi connectivity index (χ3n) is 3.58. The zero-order valence-corrected chi connectivity index (χ0v) is 11.9. The average Bonchev–Trinajstić information content (AvgIpc) is 2.45. The van der Waals surface area contributed by atoms with E-state index in [-0.39, 0.29) is 17.5 Å². The van der Waals surface area contributed by atoms with E-state index in [1.165, 1.54) is 17.2 Å². The van der Waals surface area contributed by atoms with E-state index in [0.717, 1.165) is 18.5 Å². The molecular weight excluding hydrogens is 250 g/mol. The first-order valence-corrected chi connectivity index (χ1v) is 6.94. The molecule has 1 atom stereocenters. The smallest absolute Gasteiger partial charge is 0.124 e. The Hall–Kier alpha value is -2.00. The van der Waals surface area contributed by atoms with Gasteiger partial charge in [0.05, 0.1) is 0 Å². The topological polar surface area (TPSA) is 52.5 Å². The van der Waals surface area contributed by atoms with Gasteiger partial charge in [-0.15, -0.1) is 0 Å². The highest BCUT2D eigenvalue weighted by atomic mass is 16.3. The van der Waals surface area contributed by atoms with Crippen molar-refractivity contribution in [2.75, 3.05) is 0 Å². The summed E-state index contributed by atoms with van der Waals surface area (Å²) in [4.78, 5) is 0. The number of rotatable bonds is 5. The molecule has 0 aliphatic carbocycles. The molecule has 106 valence electrons. The fourth-order valence-electron chi connectivity index (χ4n) is 2.35. The highest BCUT2D eigenvalue weighted by molar-refractivity contribution is 5.40. The molecule has 2 aromatic rings. The molecular formula is C17H21NO2. The van der Waals surface area contributed by atoms with E-state index in [4.69, 9.17) is 0 Å². The maximum absolute atomic E-state index is 9.86. The van der Waals surface area contributed by atoms with Crippen LogP contribution in [0.15, 0.2) is 42.5 Å². The van der Waals surface area contributed by atoms with Crippen molar-refractivity contribution in [1.82, 2.24) is 5.32 Å². The first kappa shape index (κ1) is 14.4. The molecule has 0 aromatic heterocycles. The van der Waals surface area contributed by atoms with Crippen molar-refractivity contribution in [3.05, 3.63) is 59.2 Å². The first-order chi connectivity index (χ1) is 9.61. The largest absolute Gasteiger partial charge is 0.508 e. The summed E-state index contributed by atoms with van der Waals surface area (Å²) in [6, 6.07) is 13.1. The Morgan fingerprint density at radius 1 is 1.05 bits per heavy atom. The van der Waals surface area contributed by atoms with Gasteiger partial charge in [0.15, 0.2) is 0 Å². The van der Waals surface area contributed by atoms with Crippen LogP contribution < -0.4 is 5.32 Å². The van der Waals surface area contributed by atoms with Crippen LogP contribution >= 0.6 is 0 Å². The molecule has 2 aromatic carbocycles. The minimum absolute atomic E-state index is 0.0144. The van der Waals surface area contributed by atoms with Crippen LogP contribution in [-0.4, -0.2) is 10.2 Å². The molecule has 0 aliphatic heterocycles. The number of aryl methyl sites for hydroxylation is 1. The SMILES string of the molecule is CCc1ccccc1CNC(C)c1ccc(O)cc1O. The summed E-state index contributed by atoms with van der Waals surface area (Å²) in [6.45, 7) is 4.90. The lowest BCUT2D eigenvalue weighted by Gasteiger charge is -2.17. The maximum Gasteiger partial charge on any atom is 0.124 e. The highest BCUT2D eigenvalue weighted by Gasteiger charge is 2.11. The molecule has 0 bridgehead atoms. The van der Waals surface area contributed by atoms with Crippen molar-refractivity contribution in [2.24, 2.45) is 0 Å². The van der Waals surface area contributed by atoms with E-state index >= 15 is 0 Å². The average molecular weight is 271 g/mol. The molecule has 3 nitrogen and oxygen atoms in total. The molecule has 2 rings (SSSR count). The minimum atomic E-state index is 0.0144.